The molecule has 0 unspecified atom stereocenters. The van der Waals surface area contributed by atoms with E-state index >= 15 is 0 Å². The standard InChI is InChI=1S/C40H25O5.ClH.Mo.2O/c41-36(26-16-6-1-7-17-26)31-32(37(42)27-18-8-2-9-19-27)34(39(44)29-22-12-4-13-23-29)35(40(45)30-24-14-5-15-25-30)33(31)38(43)28-20-10-3-11-21-28;;;;/h1-25H;1H;;;. The summed E-state index contributed by atoms with van der Waals surface area (Å²) in [5.74, 6) is -4.63. The molecular weight excluding hydrogens is 724 g/mol. The van der Waals surface area contributed by atoms with Crippen LogP contribution < -0.4 is 0 Å². The fourth-order valence-electron chi connectivity index (χ4n) is 5.43. The van der Waals surface area contributed by atoms with Crippen LogP contribution >= 0.6 is 12.4 Å². The Bertz CT molecular complexity index is 1620. The summed E-state index contributed by atoms with van der Waals surface area (Å²) < 4.78 is 17.0. The molecule has 0 aromatic heterocycles. The molecule has 1 aliphatic rings. The maximum absolute atomic E-state index is 14.5. The Morgan fingerprint density at radius 2 is 0.408 bits per heavy atom. The average Bonchev–Trinajstić information content (AvgIpc) is 3.51. The average molecular weight is 750 g/mol. The molecule has 1 fully saturated rings. The van der Waals surface area contributed by atoms with Gasteiger partial charge in [-0.2, -0.15) is 0 Å². The summed E-state index contributed by atoms with van der Waals surface area (Å²) in [6, 6.07) is 41.1. The van der Waals surface area contributed by atoms with E-state index in [1.165, 1.54) is 0 Å². The molecule has 1 saturated carbocycles. The first-order valence-corrected chi connectivity index (χ1v) is 16.3. The van der Waals surface area contributed by atoms with Crippen LogP contribution in [-0.4, -0.2) is 28.9 Å². The number of hydrogen-bond acceptors (Lipinski definition) is 7. The number of carbonyl (C=O) groups is 5. The van der Waals surface area contributed by atoms with Gasteiger partial charge in [0, 0.05) is 27.8 Å². The Labute approximate surface area is 298 Å². The summed E-state index contributed by atoms with van der Waals surface area (Å²) in [6.45, 7) is 0. The first-order chi connectivity index (χ1) is 23.4. The van der Waals surface area contributed by atoms with Gasteiger partial charge in [0.15, 0.2) is 28.9 Å². The third kappa shape index (κ3) is 8.02. The van der Waals surface area contributed by atoms with Crippen molar-refractivity contribution in [1.29, 1.82) is 0 Å². The van der Waals surface area contributed by atoms with E-state index in [1.807, 2.05) is 0 Å². The van der Waals surface area contributed by atoms with E-state index in [4.69, 9.17) is 6.80 Å². The summed E-state index contributed by atoms with van der Waals surface area (Å²) in [5.41, 5.74) is 0.991. The zero-order valence-electron chi connectivity index (χ0n) is 25.6. The van der Waals surface area contributed by atoms with Crippen LogP contribution in [0, 0.1) is 29.6 Å². The summed E-state index contributed by atoms with van der Waals surface area (Å²) in [4.78, 5) is 72.6. The topological polar surface area (TPSA) is 119 Å². The van der Waals surface area contributed by atoms with E-state index in [0.717, 1.165) is 0 Å². The van der Waals surface area contributed by atoms with Gasteiger partial charge < -0.3 is 0 Å². The van der Waals surface area contributed by atoms with Crippen LogP contribution in [0.25, 0.3) is 0 Å². The summed E-state index contributed by atoms with van der Waals surface area (Å²) in [6.07, 6.45) is 0. The minimum absolute atomic E-state index is 0. The molecule has 6 rings (SSSR count). The Morgan fingerprint density at radius 1 is 0.286 bits per heavy atom. The Balaban J connectivity index is 0.00000130. The number of carbonyl (C=O) groups excluding carboxylic acids is 5. The van der Waals surface area contributed by atoms with Crippen LogP contribution in [0.1, 0.15) is 51.8 Å². The Hall–Kier alpha value is -4.97. The van der Waals surface area contributed by atoms with Crippen molar-refractivity contribution in [3.63, 3.8) is 0 Å². The van der Waals surface area contributed by atoms with Gasteiger partial charge in [-0.3, -0.25) is 24.0 Å². The molecular formula is C40H26ClMoO7. The van der Waals surface area contributed by atoms with Crippen molar-refractivity contribution in [2.24, 2.45) is 0 Å². The van der Waals surface area contributed by atoms with Gasteiger partial charge in [-0.25, -0.2) is 0 Å². The van der Waals surface area contributed by atoms with Crippen molar-refractivity contribution in [1.82, 2.24) is 0 Å². The first kappa shape index (κ1) is 36.9. The Kier molecular flexibility index (Phi) is 13.1. The molecule has 0 atom stereocenters. The van der Waals surface area contributed by atoms with E-state index in [-0.39, 0.29) is 69.8 Å². The molecule has 5 aromatic rings. The molecule has 0 bridgehead atoms. The molecule has 0 amide bonds. The molecule has 241 valence electrons. The van der Waals surface area contributed by atoms with E-state index < -0.39 is 47.4 Å². The van der Waals surface area contributed by atoms with Crippen molar-refractivity contribution < 1.29 is 49.3 Å². The zero-order valence-corrected chi connectivity index (χ0v) is 28.4. The second-order valence-corrected chi connectivity index (χ2v) is 10.8. The maximum atomic E-state index is 14.5. The van der Waals surface area contributed by atoms with Crippen molar-refractivity contribution in [3.8, 4) is 0 Å². The Morgan fingerprint density at radius 3 is 0.531 bits per heavy atom. The first-order valence-electron chi connectivity index (χ1n) is 14.7. The van der Waals surface area contributed by atoms with Crippen molar-refractivity contribution >= 4 is 41.3 Å². The quantitative estimate of drug-likeness (QED) is 0.107. The van der Waals surface area contributed by atoms with Crippen LogP contribution in [0.5, 0.6) is 0 Å². The number of Topliss-reactive ketones (excluding diaryl/α,β-unsaturated/α-hetero) is 5. The van der Waals surface area contributed by atoms with Gasteiger partial charge in [-0.15, -0.1) is 12.4 Å². The van der Waals surface area contributed by atoms with Crippen LogP contribution in [-0.2, 0) is 25.3 Å². The number of ketones is 5. The molecule has 5 aromatic carbocycles. The van der Waals surface area contributed by atoms with Crippen LogP contribution in [0.15, 0.2) is 152 Å². The summed E-state index contributed by atoms with van der Waals surface area (Å²) in [7, 11) is 0. The van der Waals surface area contributed by atoms with Crippen LogP contribution in [0.3, 0.4) is 0 Å². The molecule has 0 heterocycles. The number of benzene rings is 5. The predicted molar refractivity (Wildman–Crippen MR) is 179 cm³/mol. The van der Waals surface area contributed by atoms with Crippen molar-refractivity contribution in [2.75, 3.05) is 0 Å². The van der Waals surface area contributed by atoms with Crippen molar-refractivity contribution in [3.05, 3.63) is 209 Å². The van der Waals surface area contributed by atoms with Gasteiger partial charge in [-0.1, -0.05) is 152 Å². The molecule has 5 radical (unpaired) electrons. The fourth-order valence-corrected chi connectivity index (χ4v) is 5.43. The third-order valence-corrected chi connectivity index (χ3v) is 7.57. The van der Waals surface area contributed by atoms with Gasteiger partial charge in [0.1, 0.15) is 0 Å². The molecule has 7 nitrogen and oxygen atoms in total. The molecule has 1 aliphatic carbocycles. The SMILES string of the molecule is Cl.O=C([C]1[C](C(=O)c2ccccc2)[C](C(=O)c2ccccc2)[C](C(=O)c2ccccc2)[C]1C(=O)c1ccccc1)c1ccccc1.[O]=[Mo]=[O]. The molecule has 0 saturated heterocycles. The number of hydrogen-bond donors (Lipinski definition) is 0. The normalized spacial score (nSPS) is 13.7. The van der Waals surface area contributed by atoms with E-state index in [2.05, 4.69) is 0 Å². The zero-order chi connectivity index (χ0) is 34.0. The predicted octanol–water partition coefficient (Wildman–Crippen LogP) is 7.47. The molecule has 0 aliphatic heterocycles. The van der Waals surface area contributed by atoms with Gasteiger partial charge in [0.2, 0.25) is 0 Å². The van der Waals surface area contributed by atoms with E-state index in [1.54, 1.807) is 152 Å². The molecule has 0 N–H and O–H groups in total. The molecule has 49 heavy (non-hydrogen) atoms. The van der Waals surface area contributed by atoms with Gasteiger partial charge in [0.05, 0.1) is 29.6 Å². The number of halogens is 1. The molecule has 9 heteroatoms. The van der Waals surface area contributed by atoms with E-state index in [0.29, 0.717) is 0 Å². The van der Waals surface area contributed by atoms with Gasteiger partial charge in [-0.05, 0) is 0 Å². The summed E-state index contributed by atoms with van der Waals surface area (Å²) >= 11 is -2.03. The second kappa shape index (κ2) is 17.4. The monoisotopic (exact) mass is 751 g/mol. The second-order valence-electron chi connectivity index (χ2n) is 10.4. The van der Waals surface area contributed by atoms with Crippen LogP contribution in [0.2, 0.25) is 0 Å². The number of rotatable bonds is 10. The van der Waals surface area contributed by atoms with Gasteiger partial charge >= 0.3 is 25.3 Å². The molecule has 0 spiro atoms. The van der Waals surface area contributed by atoms with Crippen LogP contribution in [0.4, 0.5) is 0 Å². The third-order valence-electron chi connectivity index (χ3n) is 7.57. The van der Waals surface area contributed by atoms with E-state index in [9.17, 15) is 24.0 Å². The van der Waals surface area contributed by atoms with Crippen molar-refractivity contribution in [2.45, 2.75) is 0 Å². The minimum atomic E-state index is -2.03. The summed E-state index contributed by atoms with van der Waals surface area (Å²) in [5, 5.41) is 0. The van der Waals surface area contributed by atoms with Gasteiger partial charge in [0.25, 0.3) is 0 Å². The fraction of sp³-hybridized carbons (Fsp3) is 0.